The Bertz CT molecular complexity index is 660. The Morgan fingerprint density at radius 1 is 1.55 bits per heavy atom. The van der Waals surface area contributed by atoms with Gasteiger partial charge < -0.3 is 11.1 Å². The van der Waals surface area contributed by atoms with Crippen molar-refractivity contribution in [1.82, 2.24) is 10.3 Å². The first-order valence-electron chi connectivity index (χ1n) is 5.37. The van der Waals surface area contributed by atoms with Gasteiger partial charge in [0.25, 0.3) is 11.6 Å². The van der Waals surface area contributed by atoms with Crippen LogP contribution in [0.2, 0.25) is 0 Å². The number of halogens is 1. The van der Waals surface area contributed by atoms with Gasteiger partial charge in [-0.3, -0.25) is 14.9 Å². The molecule has 0 aliphatic carbocycles. The van der Waals surface area contributed by atoms with Crippen LogP contribution in [0.25, 0.3) is 0 Å². The van der Waals surface area contributed by atoms with E-state index in [0.29, 0.717) is 11.8 Å². The van der Waals surface area contributed by atoms with E-state index in [1.54, 1.807) is 10.9 Å². The molecular formula is C11H9FN4O3S. The Balaban J connectivity index is 2.24. The highest BCUT2D eigenvalue weighted by Gasteiger charge is 2.22. The number of amides is 1. The Hall–Kier alpha value is -2.55. The van der Waals surface area contributed by atoms with E-state index >= 15 is 0 Å². The van der Waals surface area contributed by atoms with E-state index in [9.17, 15) is 19.3 Å². The standard InChI is InChI=1S/C11H9FN4O3S/c12-8-2-10(16(18)19)7(1-9(8)13)11(17)14-3-6-4-20-5-15-6/h1-2,4-5H,3,13H2,(H,14,17). The fourth-order valence-electron chi connectivity index (χ4n) is 1.50. The van der Waals surface area contributed by atoms with Crippen LogP contribution in [-0.2, 0) is 6.54 Å². The van der Waals surface area contributed by atoms with Crippen molar-refractivity contribution in [2.24, 2.45) is 0 Å². The second-order valence-corrected chi connectivity index (χ2v) is 4.53. The summed E-state index contributed by atoms with van der Waals surface area (Å²) >= 11 is 1.36. The number of nitrogens with one attached hydrogen (secondary N) is 1. The number of hydrogen-bond donors (Lipinski definition) is 2. The number of carbonyl (C=O) groups excluding carboxylic acids is 1. The van der Waals surface area contributed by atoms with Crippen LogP contribution in [0, 0.1) is 15.9 Å². The van der Waals surface area contributed by atoms with Crippen LogP contribution in [0.5, 0.6) is 0 Å². The summed E-state index contributed by atoms with van der Waals surface area (Å²) in [4.78, 5) is 25.9. The minimum absolute atomic E-state index is 0.122. The molecule has 1 heterocycles. The molecule has 0 unspecified atom stereocenters. The summed E-state index contributed by atoms with van der Waals surface area (Å²) in [5, 5.41) is 15.0. The molecule has 2 rings (SSSR count). The van der Waals surface area contributed by atoms with E-state index in [4.69, 9.17) is 5.73 Å². The predicted octanol–water partition coefficient (Wildman–Crippen LogP) is 1.70. The third kappa shape index (κ3) is 2.88. The number of rotatable bonds is 4. The number of anilines is 1. The van der Waals surface area contributed by atoms with Gasteiger partial charge in [0, 0.05) is 5.38 Å². The molecule has 0 fully saturated rings. The van der Waals surface area contributed by atoms with Crippen molar-refractivity contribution >= 4 is 28.6 Å². The summed E-state index contributed by atoms with van der Waals surface area (Å²) in [6, 6.07) is 1.58. The average Bonchev–Trinajstić information content (AvgIpc) is 2.91. The number of benzene rings is 1. The summed E-state index contributed by atoms with van der Waals surface area (Å²) < 4.78 is 13.2. The molecule has 0 radical (unpaired) electrons. The highest BCUT2D eigenvalue weighted by molar-refractivity contribution is 7.07. The van der Waals surface area contributed by atoms with Gasteiger partial charge in [0.2, 0.25) is 0 Å². The van der Waals surface area contributed by atoms with Crippen LogP contribution in [0.3, 0.4) is 0 Å². The molecule has 9 heteroatoms. The average molecular weight is 296 g/mol. The first-order valence-corrected chi connectivity index (χ1v) is 6.32. The van der Waals surface area contributed by atoms with Gasteiger partial charge in [-0.2, -0.15) is 0 Å². The summed E-state index contributed by atoms with van der Waals surface area (Å²) in [7, 11) is 0. The number of nitrogens with zero attached hydrogens (tertiary/aromatic N) is 2. The van der Waals surface area contributed by atoms with E-state index in [2.05, 4.69) is 10.3 Å². The minimum Gasteiger partial charge on any atom is -0.396 e. The van der Waals surface area contributed by atoms with Crippen LogP contribution < -0.4 is 11.1 Å². The molecule has 2 aromatic rings. The number of nitrogen functional groups attached to an aromatic ring is 1. The van der Waals surface area contributed by atoms with Gasteiger partial charge in [-0.25, -0.2) is 9.37 Å². The largest absolute Gasteiger partial charge is 0.396 e. The molecule has 0 aliphatic rings. The number of carbonyl (C=O) groups is 1. The van der Waals surface area contributed by atoms with E-state index < -0.39 is 22.3 Å². The molecule has 1 aromatic heterocycles. The Labute approximate surface area is 116 Å². The molecule has 7 nitrogen and oxygen atoms in total. The van der Waals surface area contributed by atoms with Gasteiger partial charge in [-0.05, 0) is 6.07 Å². The second-order valence-electron chi connectivity index (χ2n) is 3.81. The quantitative estimate of drug-likeness (QED) is 0.506. The van der Waals surface area contributed by atoms with Crippen molar-refractivity contribution in [3.05, 3.63) is 50.2 Å². The third-order valence-electron chi connectivity index (χ3n) is 2.47. The minimum atomic E-state index is -0.937. The van der Waals surface area contributed by atoms with E-state index in [1.807, 2.05) is 0 Å². The van der Waals surface area contributed by atoms with Crippen LogP contribution in [0.4, 0.5) is 15.8 Å². The molecule has 0 aliphatic heterocycles. The zero-order valence-corrected chi connectivity index (χ0v) is 10.8. The van der Waals surface area contributed by atoms with E-state index in [0.717, 1.165) is 6.07 Å². The van der Waals surface area contributed by atoms with Gasteiger partial charge >= 0.3 is 0 Å². The molecule has 0 saturated heterocycles. The molecule has 0 saturated carbocycles. The first-order chi connectivity index (χ1) is 9.49. The topological polar surface area (TPSA) is 111 Å². The smallest absolute Gasteiger partial charge is 0.285 e. The maximum Gasteiger partial charge on any atom is 0.285 e. The van der Waals surface area contributed by atoms with Gasteiger partial charge in [0.05, 0.1) is 34.4 Å². The fourth-order valence-corrected chi connectivity index (χ4v) is 2.06. The fraction of sp³-hybridized carbons (Fsp3) is 0.0909. The lowest BCUT2D eigenvalue weighted by molar-refractivity contribution is -0.385. The maximum absolute atomic E-state index is 13.2. The predicted molar refractivity (Wildman–Crippen MR) is 70.8 cm³/mol. The lowest BCUT2D eigenvalue weighted by Crippen LogP contribution is -2.24. The Morgan fingerprint density at radius 2 is 2.30 bits per heavy atom. The summed E-state index contributed by atoms with van der Waals surface area (Å²) in [6.07, 6.45) is 0. The van der Waals surface area contributed by atoms with Gasteiger partial charge in [0.1, 0.15) is 5.56 Å². The summed E-state index contributed by atoms with van der Waals surface area (Å²) in [6.45, 7) is 0.122. The van der Waals surface area contributed by atoms with Crippen molar-refractivity contribution in [3.63, 3.8) is 0 Å². The van der Waals surface area contributed by atoms with E-state index in [1.165, 1.54) is 11.3 Å². The maximum atomic E-state index is 13.2. The van der Waals surface area contributed by atoms with Crippen LogP contribution in [-0.4, -0.2) is 15.8 Å². The first kappa shape index (κ1) is 13.9. The number of hydrogen-bond acceptors (Lipinski definition) is 6. The van der Waals surface area contributed by atoms with Crippen molar-refractivity contribution < 1.29 is 14.1 Å². The number of nitro benzene ring substituents is 1. The number of nitro groups is 1. The molecule has 1 amide bonds. The highest BCUT2D eigenvalue weighted by atomic mass is 32.1. The number of aromatic nitrogens is 1. The molecule has 0 spiro atoms. The van der Waals surface area contributed by atoms with Crippen LogP contribution >= 0.6 is 11.3 Å². The van der Waals surface area contributed by atoms with Crippen molar-refractivity contribution in [2.45, 2.75) is 6.54 Å². The third-order valence-corrected chi connectivity index (χ3v) is 3.11. The Morgan fingerprint density at radius 3 is 2.90 bits per heavy atom. The molecular weight excluding hydrogens is 287 g/mol. The van der Waals surface area contributed by atoms with Gasteiger partial charge in [0.15, 0.2) is 5.82 Å². The van der Waals surface area contributed by atoms with Crippen molar-refractivity contribution in [3.8, 4) is 0 Å². The van der Waals surface area contributed by atoms with Crippen molar-refractivity contribution in [2.75, 3.05) is 5.73 Å². The van der Waals surface area contributed by atoms with E-state index in [-0.39, 0.29) is 17.8 Å². The zero-order chi connectivity index (χ0) is 14.7. The monoisotopic (exact) mass is 296 g/mol. The summed E-state index contributed by atoms with van der Waals surface area (Å²) in [5.74, 6) is -1.65. The molecule has 104 valence electrons. The summed E-state index contributed by atoms with van der Waals surface area (Å²) in [5.41, 5.74) is 6.31. The SMILES string of the molecule is Nc1cc(C(=O)NCc2cscn2)c([N+](=O)[O-])cc1F. The zero-order valence-electron chi connectivity index (χ0n) is 10.00. The molecule has 3 N–H and O–H groups in total. The molecule has 20 heavy (non-hydrogen) atoms. The Kier molecular flexibility index (Phi) is 3.89. The molecule has 0 atom stereocenters. The highest BCUT2D eigenvalue weighted by Crippen LogP contribution is 2.24. The lowest BCUT2D eigenvalue weighted by Gasteiger charge is -2.06. The lowest BCUT2D eigenvalue weighted by atomic mass is 10.1. The molecule has 0 bridgehead atoms. The number of nitrogens with two attached hydrogens (primary N) is 1. The number of thiazole rings is 1. The second kappa shape index (κ2) is 5.61. The normalized spacial score (nSPS) is 10.2. The van der Waals surface area contributed by atoms with Gasteiger partial charge in [-0.1, -0.05) is 0 Å². The van der Waals surface area contributed by atoms with Crippen molar-refractivity contribution in [1.29, 1.82) is 0 Å². The molecule has 1 aromatic carbocycles. The van der Waals surface area contributed by atoms with Crippen LogP contribution in [0.1, 0.15) is 16.1 Å². The van der Waals surface area contributed by atoms with Crippen LogP contribution in [0.15, 0.2) is 23.0 Å². The van der Waals surface area contributed by atoms with Gasteiger partial charge in [-0.15, -0.1) is 11.3 Å².